The summed E-state index contributed by atoms with van der Waals surface area (Å²) in [4.78, 5) is 4.47. The van der Waals surface area contributed by atoms with Gasteiger partial charge in [-0.2, -0.15) is 16.7 Å². The summed E-state index contributed by atoms with van der Waals surface area (Å²) in [5.41, 5.74) is 0. The highest BCUT2D eigenvalue weighted by Gasteiger charge is 2.21. The van der Waals surface area contributed by atoms with Crippen molar-refractivity contribution in [1.82, 2.24) is 15.5 Å². The van der Waals surface area contributed by atoms with Crippen LogP contribution in [-0.4, -0.2) is 28.5 Å². The zero-order valence-electron chi connectivity index (χ0n) is 9.90. The Morgan fingerprint density at radius 2 is 2.44 bits per heavy atom. The van der Waals surface area contributed by atoms with E-state index in [0.29, 0.717) is 11.2 Å². The van der Waals surface area contributed by atoms with Gasteiger partial charge in [-0.1, -0.05) is 19.0 Å². The fourth-order valence-corrected chi connectivity index (χ4v) is 2.40. The summed E-state index contributed by atoms with van der Waals surface area (Å²) < 4.78 is 5.32. The largest absolute Gasteiger partial charge is 0.339 e. The number of piperidine rings is 1. The number of nitrogens with one attached hydrogen (secondary N) is 1. The predicted molar refractivity (Wildman–Crippen MR) is 65.6 cm³/mol. The highest BCUT2D eigenvalue weighted by atomic mass is 32.2. The minimum absolute atomic E-state index is 0.416. The molecule has 1 atom stereocenters. The lowest BCUT2D eigenvalue weighted by Crippen LogP contribution is -2.28. The van der Waals surface area contributed by atoms with Crippen LogP contribution in [0.3, 0.4) is 0 Å². The summed E-state index contributed by atoms with van der Waals surface area (Å²) in [5.74, 6) is 2.91. The summed E-state index contributed by atoms with van der Waals surface area (Å²) in [7, 11) is 0. The predicted octanol–water partition coefficient (Wildman–Crippen LogP) is 2.18. The second-order valence-corrected chi connectivity index (χ2v) is 6.02. The molecule has 0 aliphatic carbocycles. The number of hydrogen-bond acceptors (Lipinski definition) is 5. The van der Waals surface area contributed by atoms with Crippen molar-refractivity contribution in [2.45, 2.75) is 43.6 Å². The summed E-state index contributed by atoms with van der Waals surface area (Å²) in [5, 5.41) is 8.00. The smallest absolute Gasteiger partial charge is 0.231 e. The van der Waals surface area contributed by atoms with Gasteiger partial charge in [-0.25, -0.2) is 0 Å². The molecular weight excluding hydrogens is 222 g/mol. The minimum Gasteiger partial charge on any atom is -0.339 e. The van der Waals surface area contributed by atoms with E-state index in [2.05, 4.69) is 29.3 Å². The van der Waals surface area contributed by atoms with Crippen LogP contribution < -0.4 is 5.32 Å². The lowest BCUT2D eigenvalue weighted by molar-refractivity contribution is 0.320. The molecule has 1 aromatic heterocycles. The van der Waals surface area contributed by atoms with E-state index in [1.54, 1.807) is 0 Å². The van der Waals surface area contributed by atoms with Crippen molar-refractivity contribution >= 4 is 11.8 Å². The molecule has 1 aromatic rings. The molecule has 0 spiro atoms. The number of aromatic nitrogens is 2. The van der Waals surface area contributed by atoms with Gasteiger partial charge in [-0.05, 0) is 24.6 Å². The first-order chi connectivity index (χ1) is 7.75. The van der Waals surface area contributed by atoms with Crippen LogP contribution in [0.5, 0.6) is 0 Å². The van der Waals surface area contributed by atoms with Gasteiger partial charge in [-0.15, -0.1) is 0 Å². The summed E-state index contributed by atoms with van der Waals surface area (Å²) in [6.45, 7) is 6.44. The van der Waals surface area contributed by atoms with Gasteiger partial charge >= 0.3 is 0 Å². The second-order valence-electron chi connectivity index (χ2n) is 4.45. The van der Waals surface area contributed by atoms with Crippen LogP contribution in [0, 0.1) is 0 Å². The molecule has 0 aromatic carbocycles. The normalized spacial score (nSPS) is 21.6. The van der Waals surface area contributed by atoms with Gasteiger partial charge < -0.3 is 9.84 Å². The van der Waals surface area contributed by atoms with E-state index in [9.17, 15) is 0 Å². The van der Waals surface area contributed by atoms with Crippen LogP contribution in [-0.2, 0) is 5.75 Å². The Morgan fingerprint density at radius 3 is 3.12 bits per heavy atom. The lowest BCUT2D eigenvalue weighted by Gasteiger charge is -2.18. The van der Waals surface area contributed by atoms with Gasteiger partial charge in [0.25, 0.3) is 0 Å². The van der Waals surface area contributed by atoms with Gasteiger partial charge in [0, 0.05) is 6.54 Å². The number of rotatable bonds is 4. The van der Waals surface area contributed by atoms with Crippen molar-refractivity contribution in [3.63, 3.8) is 0 Å². The molecule has 0 radical (unpaired) electrons. The van der Waals surface area contributed by atoms with Crippen molar-refractivity contribution in [2.24, 2.45) is 0 Å². The molecule has 0 bridgehead atoms. The van der Waals surface area contributed by atoms with Gasteiger partial charge in [0.15, 0.2) is 5.82 Å². The van der Waals surface area contributed by atoms with Crippen LogP contribution in [0.4, 0.5) is 0 Å². The SMILES string of the molecule is CC(C)SCc1noc([C@H]2CCCNC2)n1. The Morgan fingerprint density at radius 1 is 1.56 bits per heavy atom. The molecule has 1 aliphatic rings. The molecule has 1 N–H and O–H groups in total. The Labute approximate surface area is 101 Å². The fourth-order valence-electron chi connectivity index (χ4n) is 1.80. The van der Waals surface area contributed by atoms with Crippen LogP contribution in [0.2, 0.25) is 0 Å². The molecule has 1 aliphatic heterocycles. The average Bonchev–Trinajstić information content (AvgIpc) is 2.76. The van der Waals surface area contributed by atoms with Gasteiger partial charge in [-0.3, -0.25) is 0 Å². The third-order valence-corrected chi connectivity index (χ3v) is 3.77. The molecular formula is C11H19N3OS. The first-order valence-electron chi connectivity index (χ1n) is 5.90. The minimum atomic E-state index is 0.416. The van der Waals surface area contributed by atoms with E-state index in [4.69, 9.17) is 4.52 Å². The molecule has 0 amide bonds. The molecule has 4 nitrogen and oxygen atoms in total. The topological polar surface area (TPSA) is 51.0 Å². The maximum Gasteiger partial charge on any atom is 0.231 e. The quantitative estimate of drug-likeness (QED) is 0.875. The first-order valence-corrected chi connectivity index (χ1v) is 6.95. The third kappa shape index (κ3) is 3.22. The van der Waals surface area contributed by atoms with Crippen molar-refractivity contribution < 1.29 is 4.52 Å². The van der Waals surface area contributed by atoms with E-state index in [-0.39, 0.29) is 0 Å². The van der Waals surface area contributed by atoms with Crippen molar-refractivity contribution in [1.29, 1.82) is 0 Å². The van der Waals surface area contributed by atoms with Crippen LogP contribution >= 0.6 is 11.8 Å². The Kier molecular flexibility index (Phi) is 4.23. The van der Waals surface area contributed by atoms with Crippen LogP contribution in [0.15, 0.2) is 4.52 Å². The number of hydrogen-bond donors (Lipinski definition) is 1. The van der Waals surface area contributed by atoms with Gasteiger partial charge in [0.2, 0.25) is 5.89 Å². The standard InChI is InChI=1S/C11H19N3OS/c1-8(2)16-7-10-13-11(15-14-10)9-4-3-5-12-6-9/h8-9,12H,3-7H2,1-2H3/t9-/m0/s1. The highest BCUT2D eigenvalue weighted by Crippen LogP contribution is 2.22. The molecule has 5 heteroatoms. The highest BCUT2D eigenvalue weighted by molar-refractivity contribution is 7.99. The first kappa shape index (κ1) is 11.9. The molecule has 1 saturated heterocycles. The molecule has 0 saturated carbocycles. The van der Waals surface area contributed by atoms with E-state index < -0.39 is 0 Å². The Hall–Kier alpha value is -0.550. The fraction of sp³-hybridized carbons (Fsp3) is 0.818. The maximum atomic E-state index is 5.32. The van der Waals surface area contributed by atoms with E-state index in [0.717, 1.165) is 37.0 Å². The summed E-state index contributed by atoms with van der Waals surface area (Å²) in [6.07, 6.45) is 2.36. The number of thioether (sulfide) groups is 1. The monoisotopic (exact) mass is 241 g/mol. The van der Waals surface area contributed by atoms with Crippen molar-refractivity contribution in [3.8, 4) is 0 Å². The molecule has 0 unspecified atom stereocenters. The molecule has 90 valence electrons. The van der Waals surface area contributed by atoms with Gasteiger partial charge in [0.1, 0.15) is 0 Å². The molecule has 2 rings (SSSR count). The maximum absolute atomic E-state index is 5.32. The summed E-state index contributed by atoms with van der Waals surface area (Å²) in [6, 6.07) is 0. The van der Waals surface area contributed by atoms with E-state index in [1.165, 1.54) is 6.42 Å². The zero-order valence-corrected chi connectivity index (χ0v) is 10.7. The van der Waals surface area contributed by atoms with E-state index >= 15 is 0 Å². The average molecular weight is 241 g/mol. The lowest BCUT2D eigenvalue weighted by atomic mass is 10.00. The van der Waals surface area contributed by atoms with Crippen molar-refractivity contribution in [3.05, 3.63) is 11.7 Å². The molecule has 2 heterocycles. The Balaban J connectivity index is 1.90. The number of nitrogens with zero attached hydrogens (tertiary/aromatic N) is 2. The van der Waals surface area contributed by atoms with Crippen LogP contribution in [0.1, 0.15) is 44.3 Å². The van der Waals surface area contributed by atoms with E-state index in [1.807, 2.05) is 11.8 Å². The third-order valence-electron chi connectivity index (χ3n) is 2.68. The summed E-state index contributed by atoms with van der Waals surface area (Å²) >= 11 is 1.84. The Bertz CT molecular complexity index is 321. The zero-order chi connectivity index (χ0) is 11.4. The molecule has 1 fully saturated rings. The van der Waals surface area contributed by atoms with Crippen LogP contribution in [0.25, 0.3) is 0 Å². The van der Waals surface area contributed by atoms with Crippen molar-refractivity contribution in [2.75, 3.05) is 13.1 Å². The second kappa shape index (κ2) is 5.68. The van der Waals surface area contributed by atoms with Gasteiger partial charge in [0.05, 0.1) is 11.7 Å². The molecule has 16 heavy (non-hydrogen) atoms.